The van der Waals surface area contributed by atoms with E-state index < -0.39 is 0 Å². The zero-order valence-electron chi connectivity index (χ0n) is 10.3. The Morgan fingerprint density at radius 1 is 1.22 bits per heavy atom. The molecule has 0 saturated carbocycles. The molecule has 1 rings (SSSR count). The number of anilines is 1. The van der Waals surface area contributed by atoms with Crippen molar-refractivity contribution in [3.8, 4) is 0 Å². The third kappa shape index (κ3) is 4.77. The molecular formula is C11H17N5O2. The summed E-state index contributed by atoms with van der Waals surface area (Å²) in [4.78, 5) is 22.8. The van der Waals surface area contributed by atoms with Gasteiger partial charge in [0.15, 0.2) is 5.69 Å². The molecule has 98 valence electrons. The molecule has 1 aromatic heterocycles. The SMILES string of the molecule is CCCNC(=O)CCNC(=O)c1ccc(N)nn1. The molecule has 0 atom stereocenters. The van der Waals surface area contributed by atoms with Crippen LogP contribution >= 0.6 is 0 Å². The lowest BCUT2D eigenvalue weighted by atomic mass is 10.3. The van der Waals surface area contributed by atoms with Gasteiger partial charge in [0, 0.05) is 19.5 Å². The molecule has 0 unspecified atom stereocenters. The predicted octanol–water partition coefficient (Wildman–Crippen LogP) is -0.295. The molecule has 7 nitrogen and oxygen atoms in total. The van der Waals surface area contributed by atoms with E-state index in [1.165, 1.54) is 12.1 Å². The van der Waals surface area contributed by atoms with Crippen molar-refractivity contribution < 1.29 is 9.59 Å². The third-order valence-electron chi connectivity index (χ3n) is 2.13. The topological polar surface area (TPSA) is 110 Å². The van der Waals surface area contributed by atoms with E-state index in [1.807, 2.05) is 6.92 Å². The number of nitrogens with one attached hydrogen (secondary N) is 2. The van der Waals surface area contributed by atoms with Gasteiger partial charge in [-0.05, 0) is 18.6 Å². The summed E-state index contributed by atoms with van der Waals surface area (Å²) in [5.74, 6) is -0.197. The minimum atomic E-state index is -0.370. The van der Waals surface area contributed by atoms with Gasteiger partial charge in [-0.15, -0.1) is 10.2 Å². The van der Waals surface area contributed by atoms with Crippen LogP contribution in [-0.4, -0.2) is 35.1 Å². The number of nitrogens with zero attached hydrogens (tertiary/aromatic N) is 2. The first-order valence-corrected chi connectivity index (χ1v) is 5.77. The van der Waals surface area contributed by atoms with E-state index >= 15 is 0 Å². The van der Waals surface area contributed by atoms with Crippen LogP contribution < -0.4 is 16.4 Å². The van der Waals surface area contributed by atoms with Crippen molar-refractivity contribution in [3.63, 3.8) is 0 Å². The second kappa shape index (κ2) is 7.21. The molecule has 1 heterocycles. The standard InChI is InChI=1S/C11H17N5O2/c1-2-6-13-10(17)5-7-14-11(18)8-3-4-9(12)16-15-8/h3-4H,2,5-7H2,1H3,(H2,12,16)(H,13,17)(H,14,18). The molecule has 0 aliphatic heterocycles. The molecule has 0 spiro atoms. The van der Waals surface area contributed by atoms with E-state index in [-0.39, 0.29) is 36.3 Å². The van der Waals surface area contributed by atoms with Crippen LogP contribution in [0.5, 0.6) is 0 Å². The fourth-order valence-electron chi connectivity index (χ4n) is 1.20. The second-order valence-corrected chi connectivity index (χ2v) is 3.70. The Labute approximate surface area is 105 Å². The number of nitrogen functional groups attached to an aromatic ring is 1. The lowest BCUT2D eigenvalue weighted by molar-refractivity contribution is -0.120. The van der Waals surface area contributed by atoms with Gasteiger partial charge in [0.05, 0.1) is 0 Å². The highest BCUT2D eigenvalue weighted by Gasteiger charge is 2.08. The Balaban J connectivity index is 2.29. The van der Waals surface area contributed by atoms with Crippen molar-refractivity contribution >= 4 is 17.6 Å². The van der Waals surface area contributed by atoms with Crippen LogP contribution in [0.1, 0.15) is 30.3 Å². The molecule has 2 amide bonds. The van der Waals surface area contributed by atoms with Crippen LogP contribution in [-0.2, 0) is 4.79 Å². The Hall–Kier alpha value is -2.18. The Bertz CT molecular complexity index is 404. The van der Waals surface area contributed by atoms with Crippen LogP contribution in [0, 0.1) is 0 Å². The summed E-state index contributed by atoms with van der Waals surface area (Å²) in [6.07, 6.45) is 1.13. The average Bonchev–Trinajstić information content (AvgIpc) is 2.37. The monoisotopic (exact) mass is 251 g/mol. The predicted molar refractivity (Wildman–Crippen MR) is 66.7 cm³/mol. The molecule has 0 aromatic carbocycles. The summed E-state index contributed by atoms with van der Waals surface area (Å²) in [5, 5.41) is 12.5. The molecule has 4 N–H and O–H groups in total. The second-order valence-electron chi connectivity index (χ2n) is 3.70. The van der Waals surface area contributed by atoms with E-state index in [1.54, 1.807) is 0 Å². The summed E-state index contributed by atoms with van der Waals surface area (Å²) in [7, 11) is 0. The van der Waals surface area contributed by atoms with Crippen molar-refractivity contribution in [2.75, 3.05) is 18.8 Å². The van der Waals surface area contributed by atoms with Gasteiger partial charge in [-0.25, -0.2) is 0 Å². The Morgan fingerprint density at radius 3 is 2.61 bits per heavy atom. The lowest BCUT2D eigenvalue weighted by Crippen LogP contribution is -2.31. The fourth-order valence-corrected chi connectivity index (χ4v) is 1.20. The molecule has 0 fully saturated rings. The first-order chi connectivity index (χ1) is 8.63. The van der Waals surface area contributed by atoms with Gasteiger partial charge in [-0.1, -0.05) is 6.92 Å². The van der Waals surface area contributed by atoms with E-state index in [9.17, 15) is 9.59 Å². The lowest BCUT2D eigenvalue weighted by Gasteiger charge is -2.05. The van der Waals surface area contributed by atoms with Gasteiger partial charge in [-0.3, -0.25) is 9.59 Å². The van der Waals surface area contributed by atoms with Gasteiger partial charge >= 0.3 is 0 Å². The van der Waals surface area contributed by atoms with E-state index in [0.717, 1.165) is 6.42 Å². The number of aromatic nitrogens is 2. The smallest absolute Gasteiger partial charge is 0.271 e. The van der Waals surface area contributed by atoms with Crippen LogP contribution in [0.3, 0.4) is 0 Å². The number of amides is 2. The van der Waals surface area contributed by atoms with Crippen LogP contribution in [0.15, 0.2) is 12.1 Å². The largest absolute Gasteiger partial charge is 0.382 e. The Kier molecular flexibility index (Phi) is 5.56. The third-order valence-corrected chi connectivity index (χ3v) is 2.13. The first-order valence-electron chi connectivity index (χ1n) is 5.77. The maximum absolute atomic E-state index is 11.6. The zero-order valence-corrected chi connectivity index (χ0v) is 10.3. The molecule has 0 bridgehead atoms. The van der Waals surface area contributed by atoms with Crippen LogP contribution in [0.25, 0.3) is 0 Å². The van der Waals surface area contributed by atoms with Crippen LogP contribution in [0.4, 0.5) is 5.82 Å². The first kappa shape index (κ1) is 13.9. The number of hydrogen-bond donors (Lipinski definition) is 3. The van der Waals surface area contributed by atoms with E-state index in [2.05, 4.69) is 20.8 Å². The highest BCUT2D eigenvalue weighted by Crippen LogP contribution is 1.96. The summed E-state index contributed by atoms with van der Waals surface area (Å²) < 4.78 is 0. The fraction of sp³-hybridized carbons (Fsp3) is 0.455. The molecule has 0 saturated heterocycles. The summed E-state index contributed by atoms with van der Waals surface area (Å²) in [6, 6.07) is 2.98. The van der Waals surface area contributed by atoms with E-state index in [4.69, 9.17) is 5.73 Å². The number of hydrogen-bond acceptors (Lipinski definition) is 5. The maximum atomic E-state index is 11.6. The van der Waals surface area contributed by atoms with Crippen LogP contribution in [0.2, 0.25) is 0 Å². The maximum Gasteiger partial charge on any atom is 0.271 e. The van der Waals surface area contributed by atoms with Gasteiger partial charge in [0.1, 0.15) is 5.82 Å². The summed E-state index contributed by atoms with van der Waals surface area (Å²) in [5.41, 5.74) is 5.53. The molecule has 1 aromatic rings. The average molecular weight is 251 g/mol. The quantitative estimate of drug-likeness (QED) is 0.643. The number of carbonyl (C=O) groups excluding carboxylic acids is 2. The molecule has 18 heavy (non-hydrogen) atoms. The molecule has 0 radical (unpaired) electrons. The van der Waals surface area contributed by atoms with Gasteiger partial charge in [0.25, 0.3) is 5.91 Å². The van der Waals surface area contributed by atoms with Gasteiger partial charge in [-0.2, -0.15) is 0 Å². The Morgan fingerprint density at radius 2 is 2.00 bits per heavy atom. The van der Waals surface area contributed by atoms with Gasteiger partial charge in [0.2, 0.25) is 5.91 Å². The highest BCUT2D eigenvalue weighted by molar-refractivity contribution is 5.92. The van der Waals surface area contributed by atoms with Crippen molar-refractivity contribution in [2.24, 2.45) is 0 Å². The highest BCUT2D eigenvalue weighted by atomic mass is 16.2. The molecular weight excluding hydrogens is 234 g/mol. The number of rotatable bonds is 6. The minimum absolute atomic E-state index is 0.0828. The normalized spacial score (nSPS) is 9.83. The van der Waals surface area contributed by atoms with E-state index in [0.29, 0.717) is 6.54 Å². The summed E-state index contributed by atoms with van der Waals surface area (Å²) in [6.45, 7) is 2.89. The van der Waals surface area contributed by atoms with Crippen molar-refractivity contribution in [1.82, 2.24) is 20.8 Å². The number of nitrogens with two attached hydrogens (primary N) is 1. The molecule has 0 aliphatic rings. The number of carbonyl (C=O) groups is 2. The van der Waals surface area contributed by atoms with Crippen molar-refractivity contribution in [2.45, 2.75) is 19.8 Å². The van der Waals surface area contributed by atoms with Gasteiger partial charge < -0.3 is 16.4 Å². The summed E-state index contributed by atoms with van der Waals surface area (Å²) >= 11 is 0. The van der Waals surface area contributed by atoms with Crippen molar-refractivity contribution in [1.29, 1.82) is 0 Å². The zero-order chi connectivity index (χ0) is 13.4. The molecule has 0 aliphatic carbocycles. The minimum Gasteiger partial charge on any atom is -0.382 e. The van der Waals surface area contributed by atoms with Crippen molar-refractivity contribution in [3.05, 3.63) is 17.8 Å². The molecule has 7 heteroatoms.